The van der Waals surface area contributed by atoms with Crippen LogP contribution in [0.3, 0.4) is 0 Å². The highest BCUT2D eigenvalue weighted by atomic mass is 16.5. The van der Waals surface area contributed by atoms with Crippen molar-refractivity contribution in [2.24, 2.45) is 0 Å². The third-order valence-corrected chi connectivity index (χ3v) is 3.45. The summed E-state index contributed by atoms with van der Waals surface area (Å²) >= 11 is 0. The molecule has 100 valence electrons. The number of benzene rings is 2. The van der Waals surface area contributed by atoms with E-state index >= 15 is 0 Å². The van der Waals surface area contributed by atoms with Crippen molar-refractivity contribution in [1.29, 1.82) is 0 Å². The van der Waals surface area contributed by atoms with Gasteiger partial charge in [-0.1, -0.05) is 30.3 Å². The van der Waals surface area contributed by atoms with Gasteiger partial charge in [-0.25, -0.2) is 0 Å². The Hall–Kier alpha value is -2.48. The number of hydrogen-bond donors (Lipinski definition) is 1. The van der Waals surface area contributed by atoms with Gasteiger partial charge in [0.25, 0.3) is 0 Å². The average molecular weight is 263 g/mol. The van der Waals surface area contributed by atoms with Gasteiger partial charge in [-0.15, -0.1) is 0 Å². The average Bonchev–Trinajstić information content (AvgIpc) is 2.96. The predicted molar refractivity (Wildman–Crippen MR) is 82.0 cm³/mol. The molecule has 0 radical (unpaired) electrons. The highest BCUT2D eigenvalue weighted by Crippen LogP contribution is 2.26. The molecule has 1 aromatic heterocycles. The van der Waals surface area contributed by atoms with E-state index in [1.165, 1.54) is 22.4 Å². The van der Waals surface area contributed by atoms with E-state index in [1.54, 1.807) is 7.11 Å². The fourth-order valence-electron chi connectivity index (χ4n) is 2.39. The van der Waals surface area contributed by atoms with Crippen molar-refractivity contribution in [2.75, 3.05) is 7.11 Å². The molecule has 1 N–H and O–H groups in total. The monoisotopic (exact) mass is 263 g/mol. The molecule has 3 aromatic rings. The number of aromatic nitrogens is 1. The molecule has 2 heteroatoms. The van der Waals surface area contributed by atoms with Crippen LogP contribution in [0.2, 0.25) is 0 Å². The van der Waals surface area contributed by atoms with Gasteiger partial charge in [0.05, 0.1) is 7.11 Å². The molecule has 2 aromatic carbocycles. The number of hydrogen-bond acceptors (Lipinski definition) is 1. The van der Waals surface area contributed by atoms with Gasteiger partial charge in [0.2, 0.25) is 0 Å². The molecular formula is C18H17NO. The van der Waals surface area contributed by atoms with Gasteiger partial charge in [-0.3, -0.25) is 0 Å². The summed E-state index contributed by atoms with van der Waals surface area (Å²) in [5.74, 6) is 0.880. The molecule has 0 aliphatic heterocycles. The van der Waals surface area contributed by atoms with Crippen molar-refractivity contribution in [2.45, 2.75) is 6.42 Å². The summed E-state index contributed by atoms with van der Waals surface area (Å²) < 4.78 is 5.20. The lowest BCUT2D eigenvalue weighted by Crippen LogP contribution is -1.90. The summed E-state index contributed by atoms with van der Waals surface area (Å²) in [4.78, 5) is 3.34. The molecule has 0 spiro atoms. The Morgan fingerprint density at radius 3 is 2.35 bits per heavy atom. The fourth-order valence-corrected chi connectivity index (χ4v) is 2.39. The second-order valence-corrected chi connectivity index (χ2v) is 4.77. The molecule has 0 aliphatic carbocycles. The Bertz CT molecular complexity index is 668. The number of methoxy groups -OCH3 is 1. The van der Waals surface area contributed by atoms with E-state index in [4.69, 9.17) is 4.74 Å². The van der Waals surface area contributed by atoms with Crippen LogP contribution in [0.15, 0.2) is 66.9 Å². The minimum absolute atomic E-state index is 0.880. The fraction of sp³-hybridized carbons (Fsp3) is 0.111. The smallest absolute Gasteiger partial charge is 0.118 e. The Labute approximate surface area is 119 Å². The normalized spacial score (nSPS) is 10.4. The standard InChI is InChI=1S/C18H17NO/c1-20-17-9-7-15(8-10-17)18-16(11-12-19-18)13-14-5-3-2-4-6-14/h2-12,19H,13H2,1H3. The maximum Gasteiger partial charge on any atom is 0.118 e. The van der Waals surface area contributed by atoms with Gasteiger partial charge in [-0.2, -0.15) is 0 Å². The van der Waals surface area contributed by atoms with Crippen LogP contribution in [-0.4, -0.2) is 12.1 Å². The minimum atomic E-state index is 0.880. The molecule has 0 amide bonds. The lowest BCUT2D eigenvalue weighted by Gasteiger charge is -2.06. The summed E-state index contributed by atoms with van der Waals surface area (Å²) in [6.45, 7) is 0. The Kier molecular flexibility index (Phi) is 3.55. The van der Waals surface area contributed by atoms with Crippen molar-refractivity contribution < 1.29 is 4.74 Å². The Morgan fingerprint density at radius 1 is 0.900 bits per heavy atom. The van der Waals surface area contributed by atoms with Crippen LogP contribution in [0.5, 0.6) is 5.75 Å². The van der Waals surface area contributed by atoms with Gasteiger partial charge in [0.1, 0.15) is 5.75 Å². The zero-order valence-electron chi connectivity index (χ0n) is 11.5. The van der Waals surface area contributed by atoms with Crippen molar-refractivity contribution >= 4 is 0 Å². The quantitative estimate of drug-likeness (QED) is 0.746. The maximum absolute atomic E-state index is 5.20. The van der Waals surface area contributed by atoms with Crippen LogP contribution >= 0.6 is 0 Å². The molecule has 1 heterocycles. The van der Waals surface area contributed by atoms with E-state index in [1.807, 2.05) is 24.4 Å². The Balaban J connectivity index is 1.89. The van der Waals surface area contributed by atoms with Gasteiger partial charge in [-0.05, 0) is 53.4 Å². The first-order valence-electron chi connectivity index (χ1n) is 6.71. The summed E-state index contributed by atoms with van der Waals surface area (Å²) in [6.07, 6.45) is 2.93. The summed E-state index contributed by atoms with van der Waals surface area (Å²) in [5.41, 5.74) is 4.99. The van der Waals surface area contributed by atoms with E-state index in [0.29, 0.717) is 0 Å². The van der Waals surface area contributed by atoms with Crippen LogP contribution in [0.25, 0.3) is 11.3 Å². The first-order valence-corrected chi connectivity index (χ1v) is 6.71. The zero-order chi connectivity index (χ0) is 13.8. The van der Waals surface area contributed by atoms with E-state index < -0.39 is 0 Å². The largest absolute Gasteiger partial charge is 0.497 e. The lowest BCUT2D eigenvalue weighted by molar-refractivity contribution is 0.415. The van der Waals surface area contributed by atoms with Crippen molar-refractivity contribution in [3.05, 3.63) is 78.0 Å². The minimum Gasteiger partial charge on any atom is -0.497 e. The molecule has 0 atom stereocenters. The van der Waals surface area contributed by atoms with Crippen LogP contribution < -0.4 is 4.74 Å². The highest BCUT2D eigenvalue weighted by molar-refractivity contribution is 5.65. The number of ether oxygens (including phenoxy) is 1. The molecule has 0 aliphatic rings. The van der Waals surface area contributed by atoms with Gasteiger partial charge in [0, 0.05) is 11.9 Å². The number of rotatable bonds is 4. The number of aromatic amines is 1. The topological polar surface area (TPSA) is 25.0 Å². The van der Waals surface area contributed by atoms with Crippen LogP contribution in [0.1, 0.15) is 11.1 Å². The second-order valence-electron chi connectivity index (χ2n) is 4.77. The van der Waals surface area contributed by atoms with Crippen LogP contribution in [-0.2, 0) is 6.42 Å². The maximum atomic E-state index is 5.20. The predicted octanol–water partition coefficient (Wildman–Crippen LogP) is 4.28. The Morgan fingerprint density at radius 2 is 1.65 bits per heavy atom. The first kappa shape index (κ1) is 12.5. The number of H-pyrrole nitrogens is 1. The van der Waals surface area contributed by atoms with E-state index in [2.05, 4.69) is 47.4 Å². The molecule has 3 rings (SSSR count). The molecule has 0 fully saturated rings. The van der Waals surface area contributed by atoms with E-state index in [9.17, 15) is 0 Å². The molecule has 0 saturated heterocycles. The van der Waals surface area contributed by atoms with Crippen LogP contribution in [0.4, 0.5) is 0 Å². The molecule has 0 saturated carbocycles. The highest BCUT2D eigenvalue weighted by Gasteiger charge is 2.07. The molecule has 20 heavy (non-hydrogen) atoms. The van der Waals surface area contributed by atoms with E-state index in [0.717, 1.165) is 12.2 Å². The summed E-state index contributed by atoms with van der Waals surface area (Å²) in [7, 11) is 1.69. The zero-order valence-corrected chi connectivity index (χ0v) is 11.5. The van der Waals surface area contributed by atoms with Gasteiger partial charge >= 0.3 is 0 Å². The second kappa shape index (κ2) is 5.66. The molecule has 0 bridgehead atoms. The molecule has 0 unspecified atom stereocenters. The number of nitrogens with one attached hydrogen (secondary N) is 1. The van der Waals surface area contributed by atoms with Crippen molar-refractivity contribution in [1.82, 2.24) is 4.98 Å². The third-order valence-electron chi connectivity index (χ3n) is 3.45. The van der Waals surface area contributed by atoms with Gasteiger partial charge in [0.15, 0.2) is 0 Å². The molecule has 2 nitrogen and oxygen atoms in total. The summed E-state index contributed by atoms with van der Waals surface area (Å²) in [5, 5.41) is 0. The first-order chi connectivity index (χ1) is 9.86. The SMILES string of the molecule is COc1ccc(-c2[nH]ccc2Cc2ccccc2)cc1. The van der Waals surface area contributed by atoms with E-state index in [-0.39, 0.29) is 0 Å². The van der Waals surface area contributed by atoms with Crippen molar-refractivity contribution in [3.8, 4) is 17.0 Å². The third kappa shape index (κ3) is 2.59. The lowest BCUT2D eigenvalue weighted by atomic mass is 10.0. The van der Waals surface area contributed by atoms with Crippen molar-refractivity contribution in [3.63, 3.8) is 0 Å². The van der Waals surface area contributed by atoms with Gasteiger partial charge < -0.3 is 9.72 Å². The summed E-state index contributed by atoms with van der Waals surface area (Å²) in [6, 6.07) is 20.8. The van der Waals surface area contributed by atoms with Crippen LogP contribution in [0, 0.1) is 0 Å². The molecular weight excluding hydrogens is 246 g/mol.